The third-order valence-corrected chi connectivity index (χ3v) is 10.7. The zero-order valence-corrected chi connectivity index (χ0v) is 27.5. The summed E-state index contributed by atoms with van der Waals surface area (Å²) in [4.78, 5) is 40.7. The third kappa shape index (κ3) is 6.55. The number of amides is 3. The molecule has 0 spiro atoms. The van der Waals surface area contributed by atoms with Crippen molar-refractivity contribution in [1.82, 2.24) is 10.2 Å². The summed E-state index contributed by atoms with van der Waals surface area (Å²) in [6.07, 6.45) is 0.246. The van der Waals surface area contributed by atoms with Gasteiger partial charge in [0.05, 0.1) is 43.2 Å². The number of hydrogen-bond acceptors (Lipinski definition) is 9. The normalized spacial score (nSPS) is 16.4. The molecule has 12 nitrogen and oxygen atoms in total. The van der Waals surface area contributed by atoms with Gasteiger partial charge in [0.2, 0.25) is 5.91 Å². The molecule has 0 saturated carbocycles. The van der Waals surface area contributed by atoms with Gasteiger partial charge in [0, 0.05) is 24.3 Å². The number of ether oxygens (including phenoxy) is 3. The van der Waals surface area contributed by atoms with E-state index in [1.807, 2.05) is 0 Å². The van der Waals surface area contributed by atoms with Crippen LogP contribution in [0.2, 0.25) is 0 Å². The Balaban J connectivity index is 1.61. The summed E-state index contributed by atoms with van der Waals surface area (Å²) in [6.45, 7) is 3.61. The third-order valence-electron chi connectivity index (χ3n) is 8.43. The number of likely N-dealkylation sites (tertiary alicyclic amines) is 1. The van der Waals surface area contributed by atoms with Crippen LogP contribution in [0, 0.1) is 5.82 Å². The Morgan fingerprint density at radius 3 is 2.45 bits per heavy atom. The van der Waals surface area contributed by atoms with Crippen LogP contribution < -0.4 is 25.4 Å². The molecule has 2 unspecified atom stereocenters. The SMILES string of the molecule is COC(=O)Nc1ccc(S(=O)(=O)C(C)C)c(C2CCCN2C(=O)C(Nc2cc3c(cc2F)CNC3=O)c2ccc(OC)c(OC)c2)c1. The van der Waals surface area contributed by atoms with E-state index in [9.17, 15) is 22.8 Å². The minimum Gasteiger partial charge on any atom is -0.493 e. The van der Waals surface area contributed by atoms with E-state index in [4.69, 9.17) is 14.2 Å². The number of carbonyl (C=O) groups is 3. The number of carbonyl (C=O) groups excluding carboxylic acids is 3. The molecule has 2 aliphatic heterocycles. The fourth-order valence-corrected chi connectivity index (χ4v) is 7.21. The van der Waals surface area contributed by atoms with Gasteiger partial charge in [-0.05, 0) is 85.8 Å². The highest BCUT2D eigenvalue weighted by Gasteiger charge is 2.39. The fraction of sp³-hybridized carbons (Fsp3) is 0.364. The number of sulfone groups is 1. The number of benzene rings is 3. The number of anilines is 2. The smallest absolute Gasteiger partial charge is 0.411 e. The van der Waals surface area contributed by atoms with Gasteiger partial charge in [0.15, 0.2) is 21.3 Å². The monoisotopic (exact) mass is 668 g/mol. The quantitative estimate of drug-likeness (QED) is 0.272. The number of rotatable bonds is 10. The fourth-order valence-electron chi connectivity index (χ4n) is 5.92. The first-order valence-corrected chi connectivity index (χ1v) is 16.6. The maximum absolute atomic E-state index is 15.4. The topological polar surface area (TPSA) is 152 Å². The number of fused-ring (bicyclic) bond motifs is 1. The molecule has 250 valence electrons. The van der Waals surface area contributed by atoms with Crippen molar-refractivity contribution in [3.8, 4) is 11.5 Å². The summed E-state index contributed by atoms with van der Waals surface area (Å²) < 4.78 is 58.1. The van der Waals surface area contributed by atoms with Crippen LogP contribution in [0.1, 0.15) is 65.8 Å². The van der Waals surface area contributed by atoms with Crippen LogP contribution in [-0.2, 0) is 25.9 Å². The summed E-state index contributed by atoms with van der Waals surface area (Å²) in [5, 5.41) is 7.51. The van der Waals surface area contributed by atoms with Crippen molar-refractivity contribution in [2.45, 2.75) is 55.5 Å². The van der Waals surface area contributed by atoms with Gasteiger partial charge in [-0.15, -0.1) is 0 Å². The molecule has 2 atom stereocenters. The standard InChI is InChI=1S/C33H37FN4O8S/c1-18(2)47(42,43)29-11-9-21(36-33(41)46-5)15-23(29)26-7-6-12-38(26)32(40)30(19-8-10-27(44-3)28(14-19)45-4)37-25-16-22-20(13-24(25)34)17-35-31(22)39/h8-11,13-16,18,26,30,37H,6-7,12,17H2,1-5H3,(H,35,39)(H,36,41). The number of methoxy groups -OCH3 is 3. The van der Waals surface area contributed by atoms with Crippen molar-refractivity contribution in [2.75, 3.05) is 38.5 Å². The molecule has 3 aromatic rings. The van der Waals surface area contributed by atoms with Crippen LogP contribution in [0.25, 0.3) is 0 Å². The zero-order chi connectivity index (χ0) is 34.0. The second-order valence-electron chi connectivity index (χ2n) is 11.5. The molecule has 2 heterocycles. The first-order valence-electron chi connectivity index (χ1n) is 15.0. The van der Waals surface area contributed by atoms with Gasteiger partial charge in [0.1, 0.15) is 11.9 Å². The second kappa shape index (κ2) is 13.5. The predicted molar refractivity (Wildman–Crippen MR) is 172 cm³/mol. The maximum Gasteiger partial charge on any atom is 0.411 e. The Morgan fingerprint density at radius 2 is 1.77 bits per heavy atom. The molecule has 5 rings (SSSR count). The molecule has 47 heavy (non-hydrogen) atoms. The molecule has 1 fully saturated rings. The van der Waals surface area contributed by atoms with Gasteiger partial charge in [-0.3, -0.25) is 14.9 Å². The maximum atomic E-state index is 15.4. The first-order chi connectivity index (χ1) is 22.4. The van der Waals surface area contributed by atoms with E-state index in [1.165, 1.54) is 45.6 Å². The Morgan fingerprint density at radius 1 is 1.02 bits per heavy atom. The molecule has 0 aromatic heterocycles. The predicted octanol–water partition coefficient (Wildman–Crippen LogP) is 4.96. The van der Waals surface area contributed by atoms with Crippen LogP contribution in [-0.4, -0.2) is 64.3 Å². The zero-order valence-electron chi connectivity index (χ0n) is 26.7. The van der Waals surface area contributed by atoms with E-state index < -0.39 is 45.0 Å². The largest absolute Gasteiger partial charge is 0.493 e. The Hall–Kier alpha value is -4.85. The highest BCUT2D eigenvalue weighted by atomic mass is 32.2. The molecule has 1 saturated heterocycles. The van der Waals surface area contributed by atoms with Gasteiger partial charge in [-0.1, -0.05) is 6.07 Å². The average Bonchev–Trinajstić information content (AvgIpc) is 3.69. The van der Waals surface area contributed by atoms with Crippen molar-refractivity contribution in [1.29, 1.82) is 0 Å². The lowest BCUT2D eigenvalue weighted by atomic mass is 10.00. The lowest BCUT2D eigenvalue weighted by Gasteiger charge is -2.32. The van der Waals surface area contributed by atoms with Gasteiger partial charge in [-0.25, -0.2) is 17.6 Å². The van der Waals surface area contributed by atoms with Crippen molar-refractivity contribution in [3.05, 3.63) is 76.6 Å². The first kappa shape index (κ1) is 33.5. The minimum atomic E-state index is -3.81. The molecule has 14 heteroatoms. The molecule has 3 amide bonds. The van der Waals surface area contributed by atoms with Crippen LogP contribution in [0.3, 0.4) is 0 Å². The van der Waals surface area contributed by atoms with E-state index in [0.717, 1.165) is 0 Å². The number of hydrogen-bond donors (Lipinski definition) is 3. The summed E-state index contributed by atoms with van der Waals surface area (Å²) in [5.41, 5.74) is 1.79. The summed E-state index contributed by atoms with van der Waals surface area (Å²) in [7, 11) is 0.324. The summed E-state index contributed by atoms with van der Waals surface area (Å²) in [5.74, 6) is -0.716. The summed E-state index contributed by atoms with van der Waals surface area (Å²) in [6, 6.07) is 10.1. The number of nitrogens with zero attached hydrogens (tertiary/aromatic N) is 1. The van der Waals surface area contributed by atoms with Gasteiger partial charge in [-0.2, -0.15) is 0 Å². The minimum absolute atomic E-state index is 0.0407. The molecule has 0 radical (unpaired) electrons. The Labute approximate surface area is 272 Å². The average molecular weight is 669 g/mol. The van der Waals surface area contributed by atoms with Gasteiger partial charge in [0.25, 0.3) is 5.91 Å². The molecule has 2 aliphatic rings. The molecule has 3 aromatic carbocycles. The Kier molecular flexibility index (Phi) is 9.61. The Bertz CT molecular complexity index is 1830. The lowest BCUT2D eigenvalue weighted by molar-refractivity contribution is -0.133. The molecule has 0 aliphatic carbocycles. The van der Waals surface area contributed by atoms with Crippen molar-refractivity contribution >= 4 is 39.1 Å². The van der Waals surface area contributed by atoms with E-state index in [-0.39, 0.29) is 29.6 Å². The van der Waals surface area contributed by atoms with Crippen molar-refractivity contribution in [2.24, 2.45) is 0 Å². The molecular formula is C33H37FN4O8S. The highest BCUT2D eigenvalue weighted by molar-refractivity contribution is 7.92. The van der Waals surface area contributed by atoms with Crippen LogP contribution >= 0.6 is 0 Å². The molecule has 0 bridgehead atoms. The number of halogens is 1. The van der Waals surface area contributed by atoms with Gasteiger partial charge < -0.3 is 29.7 Å². The van der Waals surface area contributed by atoms with Crippen LogP contribution in [0.4, 0.5) is 20.6 Å². The van der Waals surface area contributed by atoms with Crippen LogP contribution in [0.15, 0.2) is 53.4 Å². The van der Waals surface area contributed by atoms with Crippen molar-refractivity contribution < 1.29 is 41.4 Å². The van der Waals surface area contributed by atoms with E-state index in [1.54, 1.807) is 43.0 Å². The lowest BCUT2D eigenvalue weighted by Crippen LogP contribution is -2.38. The summed E-state index contributed by atoms with van der Waals surface area (Å²) >= 11 is 0. The van der Waals surface area contributed by atoms with E-state index in [0.29, 0.717) is 52.3 Å². The van der Waals surface area contributed by atoms with Crippen molar-refractivity contribution in [3.63, 3.8) is 0 Å². The highest BCUT2D eigenvalue weighted by Crippen LogP contribution is 2.41. The second-order valence-corrected chi connectivity index (χ2v) is 14.0. The van der Waals surface area contributed by atoms with E-state index >= 15 is 4.39 Å². The molecule has 3 N–H and O–H groups in total. The van der Waals surface area contributed by atoms with Gasteiger partial charge >= 0.3 is 6.09 Å². The number of nitrogens with one attached hydrogen (secondary N) is 3. The van der Waals surface area contributed by atoms with Crippen LogP contribution in [0.5, 0.6) is 11.5 Å². The molecular weight excluding hydrogens is 631 g/mol. The van der Waals surface area contributed by atoms with E-state index in [2.05, 4.69) is 16.0 Å².